The van der Waals surface area contributed by atoms with Gasteiger partial charge in [0.25, 0.3) is 0 Å². The van der Waals surface area contributed by atoms with Crippen LogP contribution in [0.5, 0.6) is 0 Å². The molecule has 0 saturated heterocycles. The van der Waals surface area contributed by atoms with E-state index in [0.29, 0.717) is 12.0 Å². The number of nitrogens with one attached hydrogen (secondary N) is 1. The highest BCUT2D eigenvalue weighted by Crippen LogP contribution is 2.43. The lowest BCUT2D eigenvalue weighted by Crippen LogP contribution is -2.38. The van der Waals surface area contributed by atoms with Gasteiger partial charge in [-0.2, -0.15) is 13.2 Å². The van der Waals surface area contributed by atoms with Crippen LogP contribution in [-0.4, -0.2) is 25.7 Å². The molecule has 2 rings (SSSR count). The van der Waals surface area contributed by atoms with Crippen molar-refractivity contribution in [2.75, 3.05) is 18.5 Å². The monoisotopic (exact) mass is 300 g/mol. The number of benzene rings is 1. The number of hydrogen-bond donors (Lipinski definition) is 1. The maximum atomic E-state index is 13.2. The summed E-state index contributed by atoms with van der Waals surface area (Å²) in [7, 11) is 1.89. The third-order valence-electron chi connectivity index (χ3n) is 4.09. The fourth-order valence-corrected chi connectivity index (χ4v) is 3.28. The summed E-state index contributed by atoms with van der Waals surface area (Å²) in [5.74, 6) is 0. The molecule has 1 heterocycles. The standard InChI is InChI=1S/C16H23F3N2/c1-11(2)21-12(6-5-9-20-3)10-13-14(16(17,18)19)7-4-8-15(13)21/h4,7-8,11-12,20H,5-6,9-10H2,1-3H3. The van der Waals surface area contributed by atoms with Crippen molar-refractivity contribution in [2.24, 2.45) is 0 Å². The first-order chi connectivity index (χ1) is 9.86. The Morgan fingerprint density at radius 2 is 2.05 bits per heavy atom. The normalized spacial score (nSPS) is 18.4. The van der Waals surface area contributed by atoms with Crippen molar-refractivity contribution < 1.29 is 13.2 Å². The number of rotatable bonds is 5. The van der Waals surface area contributed by atoms with Crippen LogP contribution in [0.3, 0.4) is 0 Å². The zero-order chi connectivity index (χ0) is 15.6. The fraction of sp³-hybridized carbons (Fsp3) is 0.625. The Hall–Kier alpha value is -1.23. The molecular formula is C16H23F3N2. The molecule has 1 aromatic carbocycles. The molecule has 2 nitrogen and oxygen atoms in total. The van der Waals surface area contributed by atoms with E-state index in [0.717, 1.165) is 25.1 Å². The molecule has 1 aliphatic heterocycles. The molecule has 0 aliphatic carbocycles. The molecule has 21 heavy (non-hydrogen) atoms. The summed E-state index contributed by atoms with van der Waals surface area (Å²) >= 11 is 0. The van der Waals surface area contributed by atoms with Gasteiger partial charge >= 0.3 is 6.18 Å². The van der Waals surface area contributed by atoms with Crippen LogP contribution < -0.4 is 10.2 Å². The lowest BCUT2D eigenvalue weighted by molar-refractivity contribution is -0.138. The smallest absolute Gasteiger partial charge is 0.366 e. The summed E-state index contributed by atoms with van der Waals surface area (Å²) < 4.78 is 39.5. The minimum atomic E-state index is -4.27. The summed E-state index contributed by atoms with van der Waals surface area (Å²) in [6, 6.07) is 4.91. The molecule has 0 amide bonds. The Morgan fingerprint density at radius 1 is 1.33 bits per heavy atom. The zero-order valence-electron chi connectivity index (χ0n) is 12.8. The van der Waals surface area contributed by atoms with Crippen molar-refractivity contribution in [1.82, 2.24) is 5.32 Å². The highest BCUT2D eigenvalue weighted by atomic mass is 19.4. The van der Waals surface area contributed by atoms with Crippen molar-refractivity contribution in [3.63, 3.8) is 0 Å². The van der Waals surface area contributed by atoms with Gasteiger partial charge in [0.2, 0.25) is 0 Å². The van der Waals surface area contributed by atoms with Gasteiger partial charge in [0.1, 0.15) is 0 Å². The van der Waals surface area contributed by atoms with Crippen LogP contribution >= 0.6 is 0 Å². The topological polar surface area (TPSA) is 15.3 Å². The van der Waals surface area contributed by atoms with Crippen molar-refractivity contribution >= 4 is 5.69 Å². The Bertz CT molecular complexity index is 483. The van der Waals surface area contributed by atoms with Gasteiger partial charge in [-0.1, -0.05) is 6.07 Å². The summed E-state index contributed by atoms with van der Waals surface area (Å²) in [6.45, 7) is 4.98. The van der Waals surface area contributed by atoms with Gasteiger partial charge in [-0.3, -0.25) is 0 Å². The SMILES string of the molecule is CNCCCC1Cc2c(cccc2C(F)(F)F)N1C(C)C. The summed E-state index contributed by atoms with van der Waals surface area (Å²) in [4.78, 5) is 2.15. The van der Waals surface area contributed by atoms with E-state index >= 15 is 0 Å². The molecule has 0 spiro atoms. The van der Waals surface area contributed by atoms with E-state index in [4.69, 9.17) is 0 Å². The van der Waals surface area contributed by atoms with E-state index in [-0.39, 0.29) is 12.1 Å². The Balaban J connectivity index is 2.31. The first-order valence-corrected chi connectivity index (χ1v) is 7.48. The van der Waals surface area contributed by atoms with Crippen LogP contribution in [0, 0.1) is 0 Å². The molecule has 1 aromatic rings. The van der Waals surface area contributed by atoms with Crippen molar-refractivity contribution in [3.05, 3.63) is 29.3 Å². The molecule has 1 N–H and O–H groups in total. The molecule has 118 valence electrons. The number of nitrogens with zero attached hydrogens (tertiary/aromatic N) is 1. The van der Waals surface area contributed by atoms with E-state index in [1.807, 2.05) is 27.0 Å². The van der Waals surface area contributed by atoms with E-state index < -0.39 is 11.7 Å². The average molecular weight is 300 g/mol. The highest BCUT2D eigenvalue weighted by Gasteiger charge is 2.39. The molecule has 0 aromatic heterocycles. The van der Waals surface area contributed by atoms with Gasteiger partial charge in [0.15, 0.2) is 0 Å². The lowest BCUT2D eigenvalue weighted by Gasteiger charge is -2.31. The van der Waals surface area contributed by atoms with Crippen LogP contribution in [0.2, 0.25) is 0 Å². The second-order valence-corrected chi connectivity index (χ2v) is 5.91. The number of hydrogen-bond acceptors (Lipinski definition) is 2. The number of anilines is 1. The van der Waals surface area contributed by atoms with Crippen molar-refractivity contribution in [1.29, 1.82) is 0 Å². The molecule has 0 fully saturated rings. The Kier molecular flexibility index (Phi) is 4.81. The number of halogens is 3. The zero-order valence-corrected chi connectivity index (χ0v) is 12.8. The third kappa shape index (κ3) is 3.34. The van der Waals surface area contributed by atoms with E-state index in [2.05, 4.69) is 10.2 Å². The highest BCUT2D eigenvalue weighted by molar-refractivity contribution is 5.63. The number of alkyl halides is 3. The molecule has 1 atom stereocenters. The Labute approximate surface area is 124 Å². The molecule has 0 saturated carbocycles. The van der Waals surface area contributed by atoms with Crippen LogP contribution in [0.25, 0.3) is 0 Å². The van der Waals surface area contributed by atoms with Crippen LogP contribution in [-0.2, 0) is 12.6 Å². The van der Waals surface area contributed by atoms with Crippen molar-refractivity contribution in [2.45, 2.75) is 51.4 Å². The largest absolute Gasteiger partial charge is 0.416 e. The van der Waals surface area contributed by atoms with Gasteiger partial charge in [0.05, 0.1) is 5.56 Å². The van der Waals surface area contributed by atoms with Gasteiger partial charge in [0, 0.05) is 17.8 Å². The molecule has 1 unspecified atom stereocenters. The summed E-state index contributed by atoms with van der Waals surface area (Å²) in [5.41, 5.74) is 0.754. The second kappa shape index (κ2) is 6.26. The molecule has 1 aliphatic rings. The van der Waals surface area contributed by atoms with Crippen LogP contribution in [0.4, 0.5) is 18.9 Å². The van der Waals surface area contributed by atoms with E-state index in [9.17, 15) is 13.2 Å². The molecule has 0 bridgehead atoms. The van der Waals surface area contributed by atoms with E-state index in [1.165, 1.54) is 12.1 Å². The molecular weight excluding hydrogens is 277 g/mol. The fourth-order valence-electron chi connectivity index (χ4n) is 3.28. The first-order valence-electron chi connectivity index (χ1n) is 7.48. The van der Waals surface area contributed by atoms with Crippen molar-refractivity contribution in [3.8, 4) is 0 Å². The first kappa shape index (κ1) is 16.1. The van der Waals surface area contributed by atoms with E-state index in [1.54, 1.807) is 0 Å². The summed E-state index contributed by atoms with van der Waals surface area (Å²) in [6.07, 6.45) is -1.90. The number of fused-ring (bicyclic) bond motifs is 1. The Morgan fingerprint density at radius 3 is 2.62 bits per heavy atom. The maximum Gasteiger partial charge on any atom is 0.416 e. The minimum Gasteiger partial charge on any atom is -0.366 e. The summed E-state index contributed by atoms with van der Waals surface area (Å²) in [5, 5.41) is 3.09. The minimum absolute atomic E-state index is 0.164. The molecule has 5 heteroatoms. The predicted octanol–water partition coefficient (Wildman–Crippen LogP) is 3.84. The van der Waals surface area contributed by atoms with Gasteiger partial charge in [-0.25, -0.2) is 0 Å². The predicted molar refractivity (Wildman–Crippen MR) is 79.7 cm³/mol. The molecule has 0 radical (unpaired) electrons. The third-order valence-corrected chi connectivity index (χ3v) is 4.09. The van der Waals surface area contributed by atoms with Gasteiger partial charge < -0.3 is 10.2 Å². The average Bonchev–Trinajstić information content (AvgIpc) is 2.75. The van der Waals surface area contributed by atoms with Crippen LogP contribution in [0.1, 0.15) is 37.8 Å². The van der Waals surface area contributed by atoms with Gasteiger partial charge in [-0.15, -0.1) is 0 Å². The lowest BCUT2D eigenvalue weighted by atomic mass is 10.0. The van der Waals surface area contributed by atoms with Gasteiger partial charge in [-0.05, 0) is 64.4 Å². The quantitative estimate of drug-likeness (QED) is 0.831. The maximum absolute atomic E-state index is 13.2. The van der Waals surface area contributed by atoms with Crippen LogP contribution in [0.15, 0.2) is 18.2 Å². The second-order valence-electron chi connectivity index (χ2n) is 5.91.